The monoisotopic (exact) mass is 246 g/mol. The molecule has 1 aromatic heterocycles. The third-order valence-corrected chi connectivity index (χ3v) is 2.89. The molecule has 2 N–H and O–H groups in total. The third-order valence-electron chi connectivity index (χ3n) is 2.89. The quantitative estimate of drug-likeness (QED) is 0.785. The minimum absolute atomic E-state index is 0.218. The van der Waals surface area contributed by atoms with Gasteiger partial charge in [0.1, 0.15) is 5.69 Å². The van der Waals surface area contributed by atoms with Crippen LogP contribution in [-0.4, -0.2) is 28.0 Å². The fraction of sp³-hybridized carbons (Fsp3) is 0.308. The summed E-state index contributed by atoms with van der Waals surface area (Å²) in [6, 6.07) is 3.55. The number of pyridine rings is 1. The van der Waals surface area contributed by atoms with E-state index in [2.05, 4.69) is 17.2 Å². The highest BCUT2D eigenvalue weighted by Crippen LogP contribution is 2.29. The van der Waals surface area contributed by atoms with E-state index < -0.39 is 5.97 Å². The van der Waals surface area contributed by atoms with Crippen LogP contribution in [-0.2, 0) is 4.79 Å². The van der Waals surface area contributed by atoms with E-state index in [0.717, 1.165) is 12.5 Å². The van der Waals surface area contributed by atoms with Crippen molar-refractivity contribution in [3.05, 3.63) is 35.7 Å². The van der Waals surface area contributed by atoms with Crippen LogP contribution >= 0.6 is 0 Å². The Bertz CT molecular complexity index is 511. The van der Waals surface area contributed by atoms with E-state index in [1.165, 1.54) is 12.3 Å². The second-order valence-corrected chi connectivity index (χ2v) is 4.41. The lowest BCUT2D eigenvalue weighted by Crippen LogP contribution is -2.28. The number of amides is 1. The molecular weight excluding hydrogens is 232 g/mol. The number of carboxylic acids is 1. The Labute approximate surface area is 105 Å². The minimum atomic E-state index is -1.05. The number of carbonyl (C=O) groups excluding carboxylic acids is 1. The molecule has 2 atom stereocenters. The number of aliphatic carboxylic acids is 1. The van der Waals surface area contributed by atoms with Crippen molar-refractivity contribution in [3.63, 3.8) is 0 Å². The summed E-state index contributed by atoms with van der Waals surface area (Å²) in [7, 11) is 0. The number of carboxylic acid groups (broad SMARTS) is 1. The summed E-state index contributed by atoms with van der Waals surface area (Å²) < 4.78 is 0. The summed E-state index contributed by atoms with van der Waals surface area (Å²) in [6.07, 6.45) is 4.87. The van der Waals surface area contributed by atoms with Gasteiger partial charge < -0.3 is 10.4 Å². The number of carbonyl (C=O) groups is 2. The first-order chi connectivity index (χ1) is 8.58. The Morgan fingerprint density at radius 3 is 2.89 bits per heavy atom. The van der Waals surface area contributed by atoms with Crippen molar-refractivity contribution >= 4 is 18.0 Å². The summed E-state index contributed by atoms with van der Waals surface area (Å²) in [5, 5.41) is 11.5. The number of aromatic nitrogens is 1. The zero-order valence-electron chi connectivity index (χ0n) is 9.96. The first-order valence-electron chi connectivity index (χ1n) is 5.75. The Hall–Kier alpha value is -2.17. The SMILES string of the molecule is CC1CC1NC(=O)c1ncccc1/C=C/C(=O)O. The molecule has 2 rings (SSSR count). The van der Waals surface area contributed by atoms with Gasteiger partial charge in [0, 0.05) is 23.9 Å². The Morgan fingerprint density at radius 2 is 2.28 bits per heavy atom. The van der Waals surface area contributed by atoms with Gasteiger partial charge in [-0.15, -0.1) is 0 Å². The highest BCUT2D eigenvalue weighted by atomic mass is 16.4. The van der Waals surface area contributed by atoms with Crippen LogP contribution in [0.4, 0.5) is 0 Å². The molecule has 0 bridgehead atoms. The third kappa shape index (κ3) is 2.94. The van der Waals surface area contributed by atoms with E-state index in [-0.39, 0.29) is 17.6 Å². The lowest BCUT2D eigenvalue weighted by molar-refractivity contribution is -0.131. The normalized spacial score (nSPS) is 21.8. The van der Waals surface area contributed by atoms with Crippen molar-refractivity contribution in [2.24, 2.45) is 5.92 Å². The zero-order chi connectivity index (χ0) is 13.1. The molecule has 1 aliphatic rings. The second kappa shape index (κ2) is 5.00. The highest BCUT2D eigenvalue weighted by Gasteiger charge is 2.34. The van der Waals surface area contributed by atoms with Crippen LogP contribution < -0.4 is 5.32 Å². The predicted molar refractivity (Wildman–Crippen MR) is 65.9 cm³/mol. The molecule has 1 fully saturated rings. The summed E-state index contributed by atoms with van der Waals surface area (Å²) in [6.45, 7) is 2.06. The van der Waals surface area contributed by atoms with Gasteiger partial charge >= 0.3 is 5.97 Å². The molecule has 0 aliphatic heterocycles. The number of nitrogens with zero attached hydrogens (tertiary/aromatic N) is 1. The van der Waals surface area contributed by atoms with Gasteiger partial charge in [-0.3, -0.25) is 9.78 Å². The lowest BCUT2D eigenvalue weighted by atomic mass is 10.1. The summed E-state index contributed by atoms with van der Waals surface area (Å²) in [5.41, 5.74) is 0.764. The van der Waals surface area contributed by atoms with Crippen LogP contribution in [0.2, 0.25) is 0 Å². The number of hydrogen-bond donors (Lipinski definition) is 2. The lowest BCUT2D eigenvalue weighted by Gasteiger charge is -2.05. The maximum atomic E-state index is 12.0. The largest absolute Gasteiger partial charge is 0.478 e. The van der Waals surface area contributed by atoms with Gasteiger partial charge in [0.25, 0.3) is 5.91 Å². The molecule has 1 aromatic rings. The van der Waals surface area contributed by atoms with Gasteiger partial charge in [-0.1, -0.05) is 13.0 Å². The Morgan fingerprint density at radius 1 is 1.56 bits per heavy atom. The van der Waals surface area contributed by atoms with Gasteiger partial charge in [0.15, 0.2) is 0 Å². The van der Waals surface area contributed by atoms with Crippen molar-refractivity contribution in [2.45, 2.75) is 19.4 Å². The van der Waals surface area contributed by atoms with E-state index in [1.54, 1.807) is 12.1 Å². The van der Waals surface area contributed by atoms with E-state index in [1.807, 2.05) is 0 Å². The van der Waals surface area contributed by atoms with Crippen LogP contribution in [0.25, 0.3) is 6.08 Å². The molecule has 1 amide bonds. The molecule has 5 nitrogen and oxygen atoms in total. The molecule has 0 spiro atoms. The van der Waals surface area contributed by atoms with E-state index in [4.69, 9.17) is 5.11 Å². The molecule has 0 aromatic carbocycles. The van der Waals surface area contributed by atoms with E-state index >= 15 is 0 Å². The fourth-order valence-corrected chi connectivity index (χ4v) is 1.66. The van der Waals surface area contributed by atoms with Gasteiger partial charge in [-0.2, -0.15) is 0 Å². The molecule has 0 saturated heterocycles. The van der Waals surface area contributed by atoms with Gasteiger partial charge in [0.2, 0.25) is 0 Å². The molecule has 94 valence electrons. The molecule has 1 aliphatic carbocycles. The van der Waals surface area contributed by atoms with Gasteiger partial charge in [-0.05, 0) is 24.5 Å². The first kappa shape index (κ1) is 12.3. The van der Waals surface area contributed by atoms with Crippen LogP contribution in [0, 0.1) is 5.92 Å². The maximum Gasteiger partial charge on any atom is 0.328 e. The number of nitrogens with one attached hydrogen (secondary N) is 1. The number of hydrogen-bond acceptors (Lipinski definition) is 3. The van der Waals surface area contributed by atoms with Gasteiger partial charge in [-0.25, -0.2) is 4.79 Å². The summed E-state index contributed by atoms with van der Waals surface area (Å²) in [5.74, 6) is -0.799. The Balaban J connectivity index is 2.16. The topological polar surface area (TPSA) is 79.3 Å². The van der Waals surface area contributed by atoms with Crippen molar-refractivity contribution in [1.82, 2.24) is 10.3 Å². The summed E-state index contributed by atoms with van der Waals surface area (Å²) in [4.78, 5) is 26.4. The zero-order valence-corrected chi connectivity index (χ0v) is 9.96. The van der Waals surface area contributed by atoms with Gasteiger partial charge in [0.05, 0.1) is 0 Å². The van der Waals surface area contributed by atoms with Crippen LogP contribution in [0.15, 0.2) is 24.4 Å². The predicted octanol–water partition coefficient (Wildman–Crippen LogP) is 1.32. The van der Waals surface area contributed by atoms with Crippen molar-refractivity contribution in [1.29, 1.82) is 0 Å². The minimum Gasteiger partial charge on any atom is -0.478 e. The van der Waals surface area contributed by atoms with Crippen molar-refractivity contribution in [2.75, 3.05) is 0 Å². The van der Waals surface area contributed by atoms with Crippen LogP contribution in [0.3, 0.4) is 0 Å². The highest BCUT2D eigenvalue weighted by molar-refractivity contribution is 5.97. The molecule has 1 saturated carbocycles. The standard InChI is InChI=1S/C13H14N2O3/c1-8-7-10(8)15-13(18)12-9(3-2-6-14-12)4-5-11(16)17/h2-6,8,10H,7H2,1H3,(H,15,18)(H,16,17)/b5-4+. The molecule has 5 heteroatoms. The van der Waals surface area contributed by atoms with Crippen molar-refractivity contribution < 1.29 is 14.7 Å². The second-order valence-electron chi connectivity index (χ2n) is 4.41. The molecule has 0 radical (unpaired) electrons. The van der Waals surface area contributed by atoms with Crippen molar-refractivity contribution in [3.8, 4) is 0 Å². The van der Waals surface area contributed by atoms with E-state index in [0.29, 0.717) is 11.5 Å². The molecule has 2 unspecified atom stereocenters. The van der Waals surface area contributed by atoms with Crippen LogP contribution in [0.5, 0.6) is 0 Å². The Kier molecular flexibility index (Phi) is 3.41. The average Bonchev–Trinajstić information content (AvgIpc) is 3.02. The first-order valence-corrected chi connectivity index (χ1v) is 5.75. The smallest absolute Gasteiger partial charge is 0.328 e. The van der Waals surface area contributed by atoms with Crippen LogP contribution in [0.1, 0.15) is 29.4 Å². The average molecular weight is 246 g/mol. The summed E-state index contributed by atoms with van der Waals surface area (Å²) >= 11 is 0. The van der Waals surface area contributed by atoms with E-state index in [9.17, 15) is 9.59 Å². The molecule has 1 heterocycles. The maximum absolute atomic E-state index is 12.0. The molecule has 18 heavy (non-hydrogen) atoms. The fourth-order valence-electron chi connectivity index (χ4n) is 1.66. The molecular formula is C13H14N2O3. The number of rotatable bonds is 4.